The number of hydrogen-bond donors (Lipinski definition) is 2. The standard InChI is InChI=1S/C21H21N7O4S/c1-11(2)19(29)23-3-5-28-18-16(17(22)25-9-26-18)27-21(28)33-15-8-14-13(31-10-32-14)7-12(15)20-24-4-6-30-20/h4,6-9,11H,3,5,10H2,1-2H3,(H,23,29)(H2,22,25,26). The van der Waals surface area contributed by atoms with Crippen molar-refractivity contribution < 1.29 is 18.7 Å². The highest BCUT2D eigenvalue weighted by Crippen LogP contribution is 2.44. The van der Waals surface area contributed by atoms with Crippen LogP contribution in [-0.2, 0) is 11.3 Å². The molecule has 1 aliphatic rings. The monoisotopic (exact) mass is 467 g/mol. The molecule has 0 bridgehead atoms. The van der Waals surface area contributed by atoms with Gasteiger partial charge in [0, 0.05) is 23.9 Å². The Morgan fingerprint density at radius 3 is 2.82 bits per heavy atom. The number of fused-ring (bicyclic) bond motifs is 2. The highest BCUT2D eigenvalue weighted by Gasteiger charge is 2.23. The van der Waals surface area contributed by atoms with Gasteiger partial charge in [0.25, 0.3) is 0 Å². The molecule has 0 radical (unpaired) electrons. The van der Waals surface area contributed by atoms with E-state index < -0.39 is 0 Å². The van der Waals surface area contributed by atoms with E-state index in [1.165, 1.54) is 24.4 Å². The van der Waals surface area contributed by atoms with E-state index in [1.807, 2.05) is 30.5 Å². The molecule has 170 valence electrons. The zero-order chi connectivity index (χ0) is 22.9. The summed E-state index contributed by atoms with van der Waals surface area (Å²) in [4.78, 5) is 30.2. The van der Waals surface area contributed by atoms with Crippen molar-refractivity contribution in [2.75, 3.05) is 19.1 Å². The summed E-state index contributed by atoms with van der Waals surface area (Å²) in [5.74, 6) is 1.84. The maximum absolute atomic E-state index is 12.0. The first kappa shape index (κ1) is 21.1. The average Bonchev–Trinajstić information content (AvgIpc) is 3.54. The van der Waals surface area contributed by atoms with E-state index in [1.54, 1.807) is 6.20 Å². The van der Waals surface area contributed by atoms with Crippen molar-refractivity contribution in [1.29, 1.82) is 0 Å². The lowest BCUT2D eigenvalue weighted by molar-refractivity contribution is -0.124. The van der Waals surface area contributed by atoms with Crippen molar-refractivity contribution in [3.63, 3.8) is 0 Å². The average molecular weight is 468 g/mol. The SMILES string of the molecule is CC(C)C(=O)NCCn1c(Sc2cc3c(cc2-c2ncco2)OCO3)nc2c(N)ncnc21. The Kier molecular flexibility index (Phi) is 5.50. The molecule has 1 aromatic carbocycles. The second-order valence-electron chi connectivity index (χ2n) is 7.56. The van der Waals surface area contributed by atoms with Crippen LogP contribution in [0.15, 0.2) is 45.4 Å². The fourth-order valence-electron chi connectivity index (χ4n) is 3.34. The number of rotatable bonds is 7. The molecule has 0 aliphatic carbocycles. The predicted molar refractivity (Wildman–Crippen MR) is 120 cm³/mol. The Labute approximate surface area is 192 Å². The van der Waals surface area contributed by atoms with E-state index in [4.69, 9.17) is 24.6 Å². The van der Waals surface area contributed by atoms with Gasteiger partial charge in [-0.05, 0) is 12.1 Å². The van der Waals surface area contributed by atoms with Crippen molar-refractivity contribution in [1.82, 2.24) is 29.8 Å². The van der Waals surface area contributed by atoms with E-state index in [0.717, 1.165) is 10.5 Å². The molecule has 12 heteroatoms. The number of carbonyl (C=O) groups excluding carboxylic acids is 1. The second-order valence-corrected chi connectivity index (χ2v) is 8.57. The summed E-state index contributed by atoms with van der Waals surface area (Å²) >= 11 is 1.38. The molecule has 0 atom stereocenters. The molecule has 4 aromatic rings. The Morgan fingerprint density at radius 1 is 1.24 bits per heavy atom. The van der Waals surface area contributed by atoms with Gasteiger partial charge in [0.15, 0.2) is 33.6 Å². The third-order valence-corrected chi connectivity index (χ3v) is 6.07. The highest BCUT2D eigenvalue weighted by molar-refractivity contribution is 7.99. The number of benzene rings is 1. The van der Waals surface area contributed by atoms with E-state index in [9.17, 15) is 4.79 Å². The third kappa shape index (κ3) is 4.04. The van der Waals surface area contributed by atoms with Gasteiger partial charge >= 0.3 is 0 Å². The Balaban J connectivity index is 1.54. The van der Waals surface area contributed by atoms with Crippen molar-refractivity contribution >= 4 is 34.7 Å². The number of nitrogens with one attached hydrogen (secondary N) is 1. The zero-order valence-electron chi connectivity index (χ0n) is 17.9. The van der Waals surface area contributed by atoms with E-state index in [-0.39, 0.29) is 24.4 Å². The van der Waals surface area contributed by atoms with Crippen LogP contribution in [0, 0.1) is 5.92 Å². The van der Waals surface area contributed by atoms with Gasteiger partial charge in [-0.15, -0.1) is 0 Å². The molecule has 11 nitrogen and oxygen atoms in total. The summed E-state index contributed by atoms with van der Waals surface area (Å²) in [6, 6.07) is 3.70. The zero-order valence-corrected chi connectivity index (χ0v) is 18.8. The minimum atomic E-state index is -0.103. The molecule has 0 unspecified atom stereocenters. The fourth-order valence-corrected chi connectivity index (χ4v) is 4.38. The first-order chi connectivity index (χ1) is 16.0. The lowest BCUT2D eigenvalue weighted by atomic mass is 10.2. The van der Waals surface area contributed by atoms with Gasteiger partial charge in [-0.3, -0.25) is 4.79 Å². The molecule has 33 heavy (non-hydrogen) atoms. The lowest BCUT2D eigenvalue weighted by Gasteiger charge is -2.12. The molecule has 4 heterocycles. The Morgan fingerprint density at radius 2 is 2.06 bits per heavy atom. The van der Waals surface area contributed by atoms with Crippen molar-refractivity contribution in [3.8, 4) is 23.0 Å². The van der Waals surface area contributed by atoms with Gasteiger partial charge in [0.2, 0.25) is 18.6 Å². The molecule has 3 aromatic heterocycles. The van der Waals surface area contributed by atoms with Crippen LogP contribution in [0.3, 0.4) is 0 Å². The molecule has 3 N–H and O–H groups in total. The predicted octanol–water partition coefficient (Wildman–Crippen LogP) is 2.72. The van der Waals surface area contributed by atoms with Crippen LogP contribution >= 0.6 is 11.8 Å². The van der Waals surface area contributed by atoms with Crippen molar-refractivity contribution in [3.05, 3.63) is 30.9 Å². The number of oxazole rings is 1. The minimum absolute atomic E-state index is 0.0234. The second kappa shape index (κ2) is 8.62. The molecular formula is C21H21N7O4S. The first-order valence-electron chi connectivity index (χ1n) is 10.3. The molecule has 0 spiro atoms. The number of amides is 1. The number of carbonyl (C=O) groups is 1. The van der Waals surface area contributed by atoms with E-state index in [0.29, 0.717) is 46.8 Å². The Hall–Kier alpha value is -3.80. The van der Waals surface area contributed by atoms with Gasteiger partial charge in [-0.2, -0.15) is 0 Å². The lowest BCUT2D eigenvalue weighted by Crippen LogP contribution is -2.30. The fraction of sp³-hybridized carbons (Fsp3) is 0.286. The number of hydrogen-bond acceptors (Lipinski definition) is 10. The van der Waals surface area contributed by atoms with E-state index >= 15 is 0 Å². The number of nitrogens with two attached hydrogens (primary N) is 1. The Bertz CT molecular complexity index is 1320. The summed E-state index contributed by atoms with van der Waals surface area (Å²) in [5, 5.41) is 3.55. The van der Waals surface area contributed by atoms with Crippen LogP contribution in [0.1, 0.15) is 13.8 Å². The largest absolute Gasteiger partial charge is 0.454 e. The summed E-state index contributed by atoms with van der Waals surface area (Å²) in [6.45, 7) is 4.71. The number of imidazole rings is 1. The van der Waals surface area contributed by atoms with Gasteiger partial charge in [0.1, 0.15) is 12.6 Å². The van der Waals surface area contributed by atoms with Crippen molar-refractivity contribution in [2.24, 2.45) is 5.92 Å². The normalized spacial score (nSPS) is 12.6. The number of nitrogen functional groups attached to an aromatic ring is 1. The van der Waals surface area contributed by atoms with Crippen LogP contribution in [0.25, 0.3) is 22.6 Å². The van der Waals surface area contributed by atoms with Crippen LogP contribution in [0.4, 0.5) is 5.82 Å². The highest BCUT2D eigenvalue weighted by atomic mass is 32.2. The summed E-state index contributed by atoms with van der Waals surface area (Å²) in [7, 11) is 0. The van der Waals surface area contributed by atoms with Gasteiger partial charge in [-0.1, -0.05) is 25.6 Å². The number of anilines is 1. The first-order valence-corrected chi connectivity index (χ1v) is 11.1. The van der Waals surface area contributed by atoms with Crippen LogP contribution in [0.2, 0.25) is 0 Å². The quantitative estimate of drug-likeness (QED) is 0.416. The topological polar surface area (TPSA) is 143 Å². The summed E-state index contributed by atoms with van der Waals surface area (Å²) in [6.07, 6.45) is 4.49. The summed E-state index contributed by atoms with van der Waals surface area (Å²) in [5.41, 5.74) is 7.88. The van der Waals surface area contributed by atoms with Crippen molar-refractivity contribution in [2.45, 2.75) is 30.4 Å². The molecule has 1 amide bonds. The summed E-state index contributed by atoms with van der Waals surface area (Å²) < 4.78 is 18.5. The van der Waals surface area contributed by atoms with Crippen LogP contribution in [0.5, 0.6) is 11.5 Å². The third-order valence-electron chi connectivity index (χ3n) is 5.02. The van der Waals surface area contributed by atoms with E-state index in [2.05, 4.69) is 20.3 Å². The van der Waals surface area contributed by atoms with Gasteiger partial charge in [0.05, 0.1) is 11.8 Å². The van der Waals surface area contributed by atoms with Crippen LogP contribution in [-0.4, -0.2) is 43.7 Å². The minimum Gasteiger partial charge on any atom is -0.454 e. The molecular weight excluding hydrogens is 446 g/mol. The smallest absolute Gasteiger partial charge is 0.231 e. The van der Waals surface area contributed by atoms with Gasteiger partial charge in [-0.25, -0.2) is 19.9 Å². The molecule has 5 rings (SSSR count). The van der Waals surface area contributed by atoms with Crippen LogP contribution < -0.4 is 20.5 Å². The molecule has 0 saturated heterocycles. The maximum Gasteiger partial charge on any atom is 0.231 e. The number of nitrogens with zero attached hydrogens (tertiary/aromatic N) is 5. The number of ether oxygens (including phenoxy) is 2. The van der Waals surface area contributed by atoms with Gasteiger partial charge < -0.3 is 29.5 Å². The number of aromatic nitrogens is 5. The molecule has 0 fully saturated rings. The molecule has 1 aliphatic heterocycles. The molecule has 0 saturated carbocycles. The maximum atomic E-state index is 12.0.